The Kier molecular flexibility index (Phi) is 7.68. The molecular formula is C47H30N4O. The quantitative estimate of drug-likeness (QED) is 0.177. The molecule has 0 spiro atoms. The normalized spacial score (nSPS) is 12.5. The van der Waals surface area contributed by atoms with Crippen LogP contribution in [-0.4, -0.2) is 15.0 Å². The maximum atomic E-state index is 9.40. The van der Waals surface area contributed by atoms with Crippen molar-refractivity contribution in [2.24, 2.45) is 0 Å². The average Bonchev–Trinajstić information content (AvgIpc) is 3.23. The van der Waals surface area contributed by atoms with Crippen molar-refractivity contribution in [3.05, 3.63) is 210 Å². The standard InChI is InChI=1S/C47H30N4O/c48-31-32-13-12-16-36(29-32)33-23-25-35(26-24-33)45-49-44(34-14-4-1-5-15-34)50-46(51-45)37-27-28-41-43(30-37)52-42-22-11-10-21-40(42)47(41,38-17-6-2-7-18-38)39-19-8-3-9-20-39/h1-30H. The van der Waals surface area contributed by atoms with Gasteiger partial charge >= 0.3 is 0 Å². The molecule has 0 bridgehead atoms. The summed E-state index contributed by atoms with van der Waals surface area (Å²) in [7, 11) is 0. The second-order valence-corrected chi connectivity index (χ2v) is 12.7. The van der Waals surface area contributed by atoms with Crippen molar-refractivity contribution < 1.29 is 4.74 Å². The van der Waals surface area contributed by atoms with E-state index in [0.29, 0.717) is 23.0 Å². The molecule has 0 amide bonds. The van der Waals surface area contributed by atoms with Crippen LogP contribution < -0.4 is 4.74 Å². The molecule has 1 aliphatic heterocycles. The lowest BCUT2D eigenvalue weighted by molar-refractivity contribution is 0.434. The minimum absolute atomic E-state index is 0.546. The fourth-order valence-corrected chi connectivity index (χ4v) is 7.28. The summed E-state index contributed by atoms with van der Waals surface area (Å²) in [6, 6.07) is 63.8. The van der Waals surface area contributed by atoms with Gasteiger partial charge < -0.3 is 4.74 Å². The van der Waals surface area contributed by atoms with Crippen LogP contribution in [0, 0.1) is 11.3 Å². The number of benzene rings is 7. The summed E-state index contributed by atoms with van der Waals surface area (Å²) in [6.45, 7) is 0. The topological polar surface area (TPSA) is 71.7 Å². The van der Waals surface area contributed by atoms with Gasteiger partial charge in [-0.1, -0.05) is 158 Å². The highest BCUT2D eigenvalue weighted by Crippen LogP contribution is 2.55. The average molecular weight is 667 g/mol. The van der Waals surface area contributed by atoms with Crippen molar-refractivity contribution in [2.75, 3.05) is 0 Å². The van der Waals surface area contributed by atoms with E-state index in [9.17, 15) is 5.26 Å². The van der Waals surface area contributed by atoms with Crippen molar-refractivity contribution in [3.63, 3.8) is 0 Å². The van der Waals surface area contributed by atoms with E-state index < -0.39 is 5.41 Å². The fourth-order valence-electron chi connectivity index (χ4n) is 7.28. The molecule has 0 radical (unpaired) electrons. The lowest BCUT2D eigenvalue weighted by atomic mass is 9.63. The lowest BCUT2D eigenvalue weighted by Crippen LogP contribution is -2.34. The van der Waals surface area contributed by atoms with Crippen molar-refractivity contribution in [3.8, 4) is 62.9 Å². The number of nitrogens with zero attached hydrogens (tertiary/aromatic N) is 4. The highest BCUT2D eigenvalue weighted by molar-refractivity contribution is 5.75. The number of hydrogen-bond acceptors (Lipinski definition) is 5. The molecule has 7 aromatic carbocycles. The summed E-state index contributed by atoms with van der Waals surface area (Å²) in [6.07, 6.45) is 0. The smallest absolute Gasteiger partial charge is 0.164 e. The van der Waals surface area contributed by atoms with Gasteiger partial charge in [-0.3, -0.25) is 0 Å². The van der Waals surface area contributed by atoms with E-state index in [-0.39, 0.29) is 0 Å². The molecule has 0 N–H and O–H groups in total. The maximum Gasteiger partial charge on any atom is 0.164 e. The van der Waals surface area contributed by atoms with Crippen LogP contribution in [0.1, 0.15) is 27.8 Å². The lowest BCUT2D eigenvalue weighted by Gasteiger charge is -2.41. The van der Waals surface area contributed by atoms with Gasteiger partial charge in [-0.2, -0.15) is 5.26 Å². The summed E-state index contributed by atoms with van der Waals surface area (Å²) >= 11 is 0. The minimum Gasteiger partial charge on any atom is -0.457 e. The SMILES string of the molecule is N#Cc1cccc(-c2ccc(-c3nc(-c4ccccc4)nc(-c4ccc5c(c4)Oc4ccccc4C5(c4ccccc4)c4ccccc4)n3)cc2)c1. The van der Waals surface area contributed by atoms with Crippen molar-refractivity contribution >= 4 is 0 Å². The highest BCUT2D eigenvalue weighted by Gasteiger charge is 2.45. The minimum atomic E-state index is -0.612. The van der Waals surface area contributed by atoms with Crippen LogP contribution in [0.5, 0.6) is 11.5 Å². The number of ether oxygens (including phenoxy) is 1. The number of hydrogen-bond donors (Lipinski definition) is 0. The predicted octanol–water partition coefficient (Wildman–Crippen LogP) is 10.9. The first-order valence-corrected chi connectivity index (χ1v) is 17.2. The molecule has 0 aliphatic carbocycles. The summed E-state index contributed by atoms with van der Waals surface area (Å²) in [5, 5.41) is 9.40. The van der Waals surface area contributed by atoms with Crippen LogP contribution >= 0.6 is 0 Å². The Morgan fingerprint density at radius 2 is 0.904 bits per heavy atom. The van der Waals surface area contributed by atoms with Crippen LogP contribution in [0.4, 0.5) is 0 Å². The van der Waals surface area contributed by atoms with E-state index in [2.05, 4.69) is 97.1 Å². The molecule has 0 fully saturated rings. The van der Waals surface area contributed by atoms with E-state index in [1.807, 2.05) is 91.0 Å². The first-order valence-electron chi connectivity index (χ1n) is 17.2. The Bertz CT molecular complexity index is 2560. The molecule has 5 heteroatoms. The Balaban J connectivity index is 1.21. The number of nitriles is 1. The van der Waals surface area contributed by atoms with Gasteiger partial charge in [0.1, 0.15) is 11.5 Å². The van der Waals surface area contributed by atoms with Crippen LogP contribution in [-0.2, 0) is 5.41 Å². The maximum absolute atomic E-state index is 9.40. The number of aromatic nitrogens is 3. The van der Waals surface area contributed by atoms with E-state index in [1.54, 1.807) is 0 Å². The second kappa shape index (κ2) is 12.9. The Morgan fingerprint density at radius 1 is 0.404 bits per heavy atom. The van der Waals surface area contributed by atoms with E-state index in [0.717, 1.165) is 61.6 Å². The van der Waals surface area contributed by atoms with Crippen LogP contribution in [0.15, 0.2) is 182 Å². The Labute approximate surface area is 302 Å². The molecule has 0 saturated heterocycles. The second-order valence-electron chi connectivity index (χ2n) is 12.7. The van der Waals surface area contributed by atoms with E-state index in [1.165, 1.54) is 0 Å². The first kappa shape index (κ1) is 30.9. The van der Waals surface area contributed by atoms with Gasteiger partial charge in [-0.15, -0.1) is 0 Å². The highest BCUT2D eigenvalue weighted by atomic mass is 16.5. The van der Waals surface area contributed by atoms with Gasteiger partial charge in [0.25, 0.3) is 0 Å². The molecule has 9 rings (SSSR count). The third-order valence-electron chi connectivity index (χ3n) is 9.70. The van der Waals surface area contributed by atoms with E-state index >= 15 is 0 Å². The first-order chi connectivity index (χ1) is 25.7. The largest absolute Gasteiger partial charge is 0.457 e. The van der Waals surface area contributed by atoms with Gasteiger partial charge in [0.05, 0.1) is 17.0 Å². The van der Waals surface area contributed by atoms with Gasteiger partial charge in [0.2, 0.25) is 0 Å². The Morgan fingerprint density at radius 3 is 1.56 bits per heavy atom. The van der Waals surface area contributed by atoms with Crippen LogP contribution in [0.2, 0.25) is 0 Å². The predicted molar refractivity (Wildman–Crippen MR) is 205 cm³/mol. The third-order valence-corrected chi connectivity index (χ3v) is 9.70. The summed E-state index contributed by atoms with van der Waals surface area (Å²) < 4.78 is 6.75. The van der Waals surface area contributed by atoms with Crippen molar-refractivity contribution in [1.82, 2.24) is 15.0 Å². The molecular weight excluding hydrogens is 637 g/mol. The molecule has 1 aliphatic rings. The molecule has 2 heterocycles. The molecule has 0 saturated carbocycles. The van der Waals surface area contributed by atoms with Crippen molar-refractivity contribution in [2.45, 2.75) is 5.41 Å². The third kappa shape index (κ3) is 5.31. The van der Waals surface area contributed by atoms with Gasteiger partial charge in [0.15, 0.2) is 17.5 Å². The molecule has 8 aromatic rings. The molecule has 1 aromatic heterocycles. The summed E-state index contributed by atoms with van der Waals surface area (Å²) in [5.74, 6) is 3.24. The number of fused-ring (bicyclic) bond motifs is 2. The van der Waals surface area contributed by atoms with Crippen molar-refractivity contribution in [1.29, 1.82) is 5.26 Å². The fraction of sp³-hybridized carbons (Fsp3) is 0.0213. The zero-order valence-corrected chi connectivity index (χ0v) is 28.0. The van der Waals surface area contributed by atoms with Crippen LogP contribution in [0.3, 0.4) is 0 Å². The molecule has 52 heavy (non-hydrogen) atoms. The van der Waals surface area contributed by atoms with Gasteiger partial charge in [-0.05, 0) is 46.5 Å². The number of rotatable bonds is 6. The molecule has 244 valence electrons. The zero-order chi connectivity index (χ0) is 34.9. The zero-order valence-electron chi connectivity index (χ0n) is 28.0. The Hall–Kier alpha value is -7.16. The summed E-state index contributed by atoms with van der Waals surface area (Å²) in [5.41, 5.74) is 9.01. The number of para-hydroxylation sites is 1. The molecule has 0 unspecified atom stereocenters. The molecule has 0 atom stereocenters. The monoisotopic (exact) mass is 666 g/mol. The van der Waals surface area contributed by atoms with Gasteiger partial charge in [0, 0.05) is 27.8 Å². The van der Waals surface area contributed by atoms with E-state index in [4.69, 9.17) is 19.7 Å². The molecule has 5 nitrogen and oxygen atoms in total. The van der Waals surface area contributed by atoms with Crippen LogP contribution in [0.25, 0.3) is 45.3 Å². The van der Waals surface area contributed by atoms with Gasteiger partial charge in [-0.25, -0.2) is 15.0 Å². The summed E-state index contributed by atoms with van der Waals surface area (Å²) in [4.78, 5) is 15.0.